The third kappa shape index (κ3) is 14.4. The Morgan fingerprint density at radius 3 is 2.38 bits per heavy atom. The van der Waals surface area contributed by atoms with Gasteiger partial charge in [-0.15, -0.1) is 0 Å². The van der Waals surface area contributed by atoms with E-state index in [4.69, 9.17) is 15.5 Å². The highest BCUT2D eigenvalue weighted by Crippen LogP contribution is 2.38. The minimum atomic E-state index is -0.327. The summed E-state index contributed by atoms with van der Waals surface area (Å²) in [5, 5.41) is 10.2. The molecule has 0 aliphatic heterocycles. The molecule has 0 saturated heterocycles. The molecule has 0 fully saturated rings. The number of ether oxygens (including phenoxy) is 1. The molecule has 2 unspecified atom stereocenters. The summed E-state index contributed by atoms with van der Waals surface area (Å²) >= 11 is 0. The summed E-state index contributed by atoms with van der Waals surface area (Å²) in [5.41, 5.74) is 10.2. The Balaban J connectivity index is 1.09. The lowest BCUT2D eigenvalue weighted by Crippen LogP contribution is -2.32. The number of anilines is 1. The molecule has 0 spiro atoms. The topological polar surface area (TPSA) is 170 Å². The van der Waals surface area contributed by atoms with Crippen LogP contribution < -0.4 is 21.7 Å². The largest absolute Gasteiger partial charge is 0.382 e. The molecule has 12 nitrogen and oxygen atoms in total. The molecule has 4 rings (SSSR count). The number of Topliss-reactive ketones (excluding diaryl/α,β-unsaturated/α-hetero) is 2. The van der Waals surface area contributed by atoms with Gasteiger partial charge in [0, 0.05) is 67.5 Å². The summed E-state index contributed by atoms with van der Waals surface area (Å²) in [7, 11) is 5.18. The van der Waals surface area contributed by atoms with Crippen LogP contribution in [-0.4, -0.2) is 76.5 Å². The number of carbonyl (C=O) groups is 4. The van der Waals surface area contributed by atoms with Gasteiger partial charge < -0.3 is 31.0 Å². The first-order valence-corrected chi connectivity index (χ1v) is 22.9. The number of rotatable bonds is 27. The Bertz CT molecular complexity index is 1970. The lowest BCUT2D eigenvalue weighted by molar-refractivity contribution is -0.122. The van der Waals surface area contributed by atoms with Gasteiger partial charge in [-0.25, -0.2) is 9.97 Å². The van der Waals surface area contributed by atoms with Gasteiger partial charge in [-0.05, 0) is 89.1 Å². The Hall–Kier alpha value is -3.98. The van der Waals surface area contributed by atoms with Gasteiger partial charge in [-0.3, -0.25) is 19.2 Å². The van der Waals surface area contributed by atoms with E-state index in [-0.39, 0.29) is 40.1 Å². The van der Waals surface area contributed by atoms with Crippen LogP contribution >= 0.6 is 21.6 Å². The standard InChI is InChI=1S/C44H63N7O5S2/c1-7-56-28-38-50-40-41(35-16-10-11-18-37(35)49-42(40)45)51(38)29-44(4,5)27-34(53)15-9-8-13-24-47-39(54)23-26-57-58-31(3)32-19-21-33(22-20-32)43(55)48-25-14-12-17-36(46-6)30(2)52/h10-11,16,18-22,31,36,46H,7-9,12-15,17,23-29H2,1-6H3,(H2,45,49)(H,47,54)(H,48,55). The van der Waals surface area contributed by atoms with Crippen molar-refractivity contribution in [1.82, 2.24) is 30.5 Å². The van der Waals surface area contributed by atoms with Crippen LogP contribution in [0.1, 0.15) is 119 Å². The molecule has 2 heterocycles. The number of nitrogens with zero attached hydrogens (tertiary/aromatic N) is 3. The van der Waals surface area contributed by atoms with E-state index in [1.807, 2.05) is 55.5 Å². The van der Waals surface area contributed by atoms with Gasteiger partial charge in [0.05, 0.1) is 17.1 Å². The molecule has 2 amide bonds. The van der Waals surface area contributed by atoms with Crippen LogP contribution in [0.25, 0.3) is 21.9 Å². The molecule has 0 saturated carbocycles. The number of carbonyl (C=O) groups excluding carboxylic acids is 4. The molecule has 0 aliphatic rings. The molecule has 0 aliphatic carbocycles. The van der Waals surface area contributed by atoms with Crippen LogP contribution in [0.5, 0.6) is 0 Å². The van der Waals surface area contributed by atoms with E-state index >= 15 is 0 Å². The number of fused-ring (bicyclic) bond motifs is 3. The minimum Gasteiger partial charge on any atom is -0.382 e. The van der Waals surface area contributed by atoms with E-state index < -0.39 is 0 Å². The van der Waals surface area contributed by atoms with Gasteiger partial charge in [0.25, 0.3) is 5.91 Å². The summed E-state index contributed by atoms with van der Waals surface area (Å²) in [5.74, 6) is 2.17. The summed E-state index contributed by atoms with van der Waals surface area (Å²) < 4.78 is 7.92. The minimum absolute atomic E-state index is 0.0377. The highest BCUT2D eigenvalue weighted by atomic mass is 33.1. The van der Waals surface area contributed by atoms with Gasteiger partial charge in [-0.2, -0.15) is 0 Å². The monoisotopic (exact) mass is 833 g/mol. The van der Waals surface area contributed by atoms with Crippen molar-refractivity contribution in [2.75, 3.05) is 38.2 Å². The molecule has 58 heavy (non-hydrogen) atoms. The lowest BCUT2D eigenvalue weighted by Gasteiger charge is -2.26. The molecule has 0 radical (unpaired) electrons. The number of nitrogens with two attached hydrogens (primary N) is 1. The number of aromatic nitrogens is 3. The van der Waals surface area contributed by atoms with Crippen molar-refractivity contribution in [2.24, 2.45) is 5.41 Å². The zero-order valence-electron chi connectivity index (χ0n) is 35.2. The predicted octanol–water partition coefficient (Wildman–Crippen LogP) is 7.98. The first-order chi connectivity index (χ1) is 27.8. The number of para-hydroxylation sites is 1. The number of amides is 2. The van der Waals surface area contributed by atoms with E-state index in [9.17, 15) is 19.2 Å². The summed E-state index contributed by atoms with van der Waals surface area (Å²) in [6.45, 7) is 12.6. The van der Waals surface area contributed by atoms with E-state index in [1.165, 1.54) is 0 Å². The molecular formula is C44H63N7O5S2. The van der Waals surface area contributed by atoms with Crippen molar-refractivity contribution < 1.29 is 23.9 Å². The van der Waals surface area contributed by atoms with E-state index in [0.717, 1.165) is 66.3 Å². The number of nitrogens with one attached hydrogen (secondary N) is 3. The van der Waals surface area contributed by atoms with Gasteiger partial charge >= 0.3 is 0 Å². The van der Waals surface area contributed by atoms with Crippen LogP contribution in [-0.2, 0) is 32.3 Å². The third-order valence-electron chi connectivity index (χ3n) is 10.2. The zero-order chi connectivity index (χ0) is 42.1. The van der Waals surface area contributed by atoms with Crippen LogP contribution in [0.4, 0.5) is 5.82 Å². The molecule has 0 bridgehead atoms. The number of hydrogen-bond acceptors (Lipinski definition) is 11. The number of unbranched alkanes of at least 4 members (excludes halogenated alkanes) is 3. The maximum Gasteiger partial charge on any atom is 0.251 e. The van der Waals surface area contributed by atoms with E-state index in [1.54, 1.807) is 35.6 Å². The van der Waals surface area contributed by atoms with E-state index in [2.05, 4.69) is 46.3 Å². The molecule has 5 N–H and O–H groups in total. The number of ketones is 2. The van der Waals surface area contributed by atoms with Crippen LogP contribution in [0.3, 0.4) is 0 Å². The van der Waals surface area contributed by atoms with Crippen molar-refractivity contribution in [3.8, 4) is 0 Å². The van der Waals surface area contributed by atoms with Gasteiger partial charge in [-0.1, -0.05) is 72.2 Å². The normalized spacial score (nSPS) is 12.8. The van der Waals surface area contributed by atoms with Crippen LogP contribution in [0, 0.1) is 5.41 Å². The Morgan fingerprint density at radius 1 is 0.931 bits per heavy atom. The molecular weight excluding hydrogens is 771 g/mol. The molecule has 2 aromatic heterocycles. The maximum absolute atomic E-state index is 13.2. The number of benzene rings is 2. The molecule has 2 atom stereocenters. The SMILES string of the molecule is CCOCc1nc2c(N)nc3ccccc3c2n1CC(C)(C)CC(=O)CCCCCNC(=O)CCSSC(C)c1ccc(C(=O)NCCCCC(NC)C(C)=O)cc1. The van der Waals surface area contributed by atoms with Crippen molar-refractivity contribution in [1.29, 1.82) is 0 Å². The highest BCUT2D eigenvalue weighted by Gasteiger charge is 2.27. The third-order valence-corrected chi connectivity index (χ3v) is 13.0. The fourth-order valence-electron chi connectivity index (χ4n) is 7.00. The fourth-order valence-corrected chi connectivity index (χ4v) is 9.32. The number of likely N-dealkylation sites (N-methyl/N-ethyl adjacent to an activating group) is 1. The van der Waals surface area contributed by atoms with Crippen molar-refractivity contribution >= 4 is 72.7 Å². The van der Waals surface area contributed by atoms with Crippen LogP contribution in [0.2, 0.25) is 0 Å². The number of nitrogen functional groups attached to an aromatic ring is 1. The Kier molecular flexibility index (Phi) is 19.0. The van der Waals surface area contributed by atoms with Gasteiger partial charge in [0.15, 0.2) is 5.82 Å². The summed E-state index contributed by atoms with van der Waals surface area (Å²) in [6.07, 6.45) is 6.33. The first kappa shape index (κ1) is 46.7. The maximum atomic E-state index is 13.2. The average molecular weight is 834 g/mol. The number of hydrogen-bond donors (Lipinski definition) is 4. The second-order valence-electron chi connectivity index (χ2n) is 15.6. The molecule has 4 aromatic rings. The predicted molar refractivity (Wildman–Crippen MR) is 239 cm³/mol. The number of pyridine rings is 1. The van der Waals surface area contributed by atoms with Crippen molar-refractivity contribution in [3.63, 3.8) is 0 Å². The fraction of sp³-hybridized carbons (Fsp3) is 0.545. The zero-order valence-corrected chi connectivity index (χ0v) is 36.8. The second kappa shape index (κ2) is 23.6. The van der Waals surface area contributed by atoms with Gasteiger partial charge in [0.1, 0.15) is 29.5 Å². The first-order valence-electron chi connectivity index (χ1n) is 20.6. The smallest absolute Gasteiger partial charge is 0.251 e. The quantitative estimate of drug-likeness (QED) is 0.0339. The Labute approximate surface area is 351 Å². The molecule has 316 valence electrons. The second-order valence-corrected chi connectivity index (χ2v) is 18.5. The lowest BCUT2D eigenvalue weighted by atomic mass is 9.85. The summed E-state index contributed by atoms with van der Waals surface area (Å²) in [6, 6.07) is 15.5. The highest BCUT2D eigenvalue weighted by molar-refractivity contribution is 8.76. The molecule has 14 heteroatoms. The Morgan fingerprint density at radius 2 is 1.66 bits per heavy atom. The summed E-state index contributed by atoms with van der Waals surface area (Å²) in [4.78, 5) is 59.1. The molecule has 2 aromatic carbocycles. The van der Waals surface area contributed by atoms with E-state index in [0.29, 0.717) is 74.8 Å². The van der Waals surface area contributed by atoms with Gasteiger partial charge in [0.2, 0.25) is 5.91 Å². The van der Waals surface area contributed by atoms with Crippen molar-refractivity contribution in [2.45, 2.75) is 117 Å². The number of imidazole rings is 1. The van der Waals surface area contributed by atoms with Crippen LogP contribution in [0.15, 0.2) is 48.5 Å². The van der Waals surface area contributed by atoms with Crippen molar-refractivity contribution in [3.05, 3.63) is 65.5 Å². The average Bonchev–Trinajstić information content (AvgIpc) is 3.55.